The summed E-state index contributed by atoms with van der Waals surface area (Å²) >= 11 is 0. The van der Waals surface area contributed by atoms with Crippen molar-refractivity contribution in [2.45, 2.75) is 71.1 Å². The highest BCUT2D eigenvalue weighted by molar-refractivity contribution is 5.95. The molecule has 268 valence electrons. The van der Waals surface area contributed by atoms with Crippen molar-refractivity contribution in [1.82, 2.24) is 29.8 Å². The zero-order valence-corrected chi connectivity index (χ0v) is 29.4. The first-order valence-electron chi connectivity index (χ1n) is 18.6. The Morgan fingerprint density at radius 1 is 0.860 bits per heavy atom. The maximum atomic E-state index is 15.0. The molecule has 1 atom stereocenters. The number of aromatic amines is 1. The lowest BCUT2D eigenvalue weighted by atomic mass is 9.86. The fraction of sp³-hybridized carbons (Fsp3) is 0.564. The van der Waals surface area contributed by atoms with Gasteiger partial charge in [0.1, 0.15) is 5.82 Å². The molecule has 3 heterocycles. The smallest absolute Gasteiger partial charge is 0.272 e. The van der Waals surface area contributed by atoms with Crippen LogP contribution in [0.5, 0.6) is 0 Å². The maximum Gasteiger partial charge on any atom is 0.272 e. The zero-order valence-electron chi connectivity index (χ0n) is 29.4. The van der Waals surface area contributed by atoms with Crippen LogP contribution in [0.25, 0.3) is 10.8 Å². The molecule has 10 nitrogen and oxygen atoms in total. The number of hydrogen-bond acceptors (Lipinski definition) is 6. The molecule has 1 aliphatic carbocycles. The number of carbonyl (C=O) groups excluding carboxylic acids is 3. The average molecular weight is 687 g/mol. The minimum absolute atomic E-state index is 0.0103. The molecule has 1 aromatic heterocycles. The molecule has 2 saturated heterocycles. The Morgan fingerprint density at radius 2 is 1.58 bits per heavy atom. The van der Waals surface area contributed by atoms with Gasteiger partial charge in [0, 0.05) is 64.0 Å². The topological polar surface area (TPSA) is 110 Å². The molecule has 0 spiro atoms. The molecule has 3 amide bonds. The Labute approximate surface area is 294 Å². The van der Waals surface area contributed by atoms with E-state index in [1.54, 1.807) is 29.2 Å². The van der Waals surface area contributed by atoms with Crippen LogP contribution >= 0.6 is 0 Å². The minimum Gasteiger partial charge on any atom is -0.342 e. The molecule has 0 radical (unpaired) electrons. The molecular weight excluding hydrogens is 635 g/mol. The lowest BCUT2D eigenvalue weighted by Crippen LogP contribution is -2.53. The van der Waals surface area contributed by atoms with Crippen molar-refractivity contribution >= 4 is 28.5 Å². The van der Waals surface area contributed by atoms with Crippen LogP contribution < -0.4 is 5.56 Å². The van der Waals surface area contributed by atoms with Gasteiger partial charge in [0.15, 0.2) is 0 Å². The number of carbonyl (C=O) groups is 3. The summed E-state index contributed by atoms with van der Waals surface area (Å²) in [7, 11) is 0. The second kappa shape index (κ2) is 16.7. The van der Waals surface area contributed by atoms with Gasteiger partial charge in [-0.25, -0.2) is 9.49 Å². The van der Waals surface area contributed by atoms with Crippen molar-refractivity contribution in [2.24, 2.45) is 11.8 Å². The quantitative estimate of drug-likeness (QED) is 0.309. The van der Waals surface area contributed by atoms with Crippen molar-refractivity contribution in [3.63, 3.8) is 0 Å². The van der Waals surface area contributed by atoms with E-state index in [4.69, 9.17) is 0 Å². The molecule has 2 aliphatic heterocycles. The van der Waals surface area contributed by atoms with Gasteiger partial charge in [0.05, 0.1) is 23.2 Å². The van der Waals surface area contributed by atoms with Crippen LogP contribution in [0, 0.1) is 17.7 Å². The number of amides is 3. The van der Waals surface area contributed by atoms with Gasteiger partial charge in [-0.1, -0.05) is 50.5 Å². The number of hydrogen-bond donors (Lipinski definition) is 1. The van der Waals surface area contributed by atoms with E-state index in [0.717, 1.165) is 45.4 Å². The summed E-state index contributed by atoms with van der Waals surface area (Å²) in [5.74, 6) is 0.251. The first-order valence-corrected chi connectivity index (χ1v) is 18.6. The van der Waals surface area contributed by atoms with Gasteiger partial charge in [-0.15, -0.1) is 0 Å². The number of fused-ring (bicyclic) bond motifs is 1. The van der Waals surface area contributed by atoms with Gasteiger partial charge in [-0.2, -0.15) is 5.10 Å². The van der Waals surface area contributed by atoms with E-state index in [1.165, 1.54) is 38.2 Å². The lowest BCUT2D eigenvalue weighted by molar-refractivity contribution is -0.136. The first kappa shape index (κ1) is 35.7. The highest BCUT2D eigenvalue weighted by Crippen LogP contribution is 2.28. The molecular formula is C39H51FN6O4. The van der Waals surface area contributed by atoms with Crippen LogP contribution in [-0.4, -0.2) is 106 Å². The minimum atomic E-state index is -0.594. The van der Waals surface area contributed by atoms with Crippen molar-refractivity contribution in [2.75, 3.05) is 58.9 Å². The maximum absolute atomic E-state index is 15.0. The van der Waals surface area contributed by atoms with Crippen molar-refractivity contribution in [3.05, 3.63) is 75.5 Å². The molecule has 6 rings (SSSR count). The number of rotatable bonds is 11. The molecule has 3 aromatic rings. The number of piperidine rings is 1. The van der Waals surface area contributed by atoms with Gasteiger partial charge in [-0.05, 0) is 74.2 Å². The average Bonchev–Trinajstić information content (AvgIpc) is 3.14. The predicted molar refractivity (Wildman–Crippen MR) is 191 cm³/mol. The molecule has 1 N–H and O–H groups in total. The van der Waals surface area contributed by atoms with Crippen LogP contribution in [0.15, 0.2) is 47.3 Å². The number of likely N-dealkylation sites (tertiary alicyclic amines) is 1. The van der Waals surface area contributed by atoms with Gasteiger partial charge in [0.25, 0.3) is 11.5 Å². The summed E-state index contributed by atoms with van der Waals surface area (Å²) in [6, 6.07) is 11.7. The second-order valence-corrected chi connectivity index (χ2v) is 14.5. The summed E-state index contributed by atoms with van der Waals surface area (Å²) in [5.41, 5.74) is 1.06. The van der Waals surface area contributed by atoms with E-state index >= 15 is 4.39 Å². The molecule has 3 aliphatic rings. The van der Waals surface area contributed by atoms with E-state index < -0.39 is 11.7 Å². The van der Waals surface area contributed by atoms with E-state index in [-0.39, 0.29) is 17.0 Å². The summed E-state index contributed by atoms with van der Waals surface area (Å²) in [5, 5.41) is 8.00. The summed E-state index contributed by atoms with van der Waals surface area (Å²) in [6.07, 6.45) is 10.2. The highest BCUT2D eigenvalue weighted by Gasteiger charge is 2.30. The van der Waals surface area contributed by atoms with Crippen LogP contribution in [0.4, 0.5) is 4.39 Å². The SMILES string of the molecule is CCCN(CC(=O)N1CCN(C(=O)c2cc(Cc3n[nH]c(=O)c4ccccc34)ccc2F)CC1)CC1CCCN(C(=O)CC2CCCCC2)C1. The van der Waals surface area contributed by atoms with Crippen molar-refractivity contribution in [1.29, 1.82) is 0 Å². The van der Waals surface area contributed by atoms with Crippen LogP contribution in [0.3, 0.4) is 0 Å². The monoisotopic (exact) mass is 686 g/mol. The van der Waals surface area contributed by atoms with Gasteiger partial charge in [-0.3, -0.25) is 24.1 Å². The predicted octanol–water partition coefficient (Wildman–Crippen LogP) is 4.86. The van der Waals surface area contributed by atoms with Gasteiger partial charge >= 0.3 is 0 Å². The van der Waals surface area contributed by atoms with E-state index in [1.807, 2.05) is 17.0 Å². The van der Waals surface area contributed by atoms with Gasteiger partial charge < -0.3 is 14.7 Å². The normalized spacial score (nSPS) is 18.9. The summed E-state index contributed by atoms with van der Waals surface area (Å²) < 4.78 is 15.0. The van der Waals surface area contributed by atoms with Crippen LogP contribution in [-0.2, 0) is 16.0 Å². The number of nitrogens with one attached hydrogen (secondary N) is 1. The molecule has 1 saturated carbocycles. The van der Waals surface area contributed by atoms with E-state index in [2.05, 4.69) is 26.9 Å². The molecule has 11 heteroatoms. The number of aromatic nitrogens is 2. The highest BCUT2D eigenvalue weighted by atomic mass is 19.1. The molecule has 1 unspecified atom stereocenters. The molecule has 2 aromatic carbocycles. The first-order chi connectivity index (χ1) is 24.3. The van der Waals surface area contributed by atoms with E-state index in [0.29, 0.717) is 85.3 Å². The van der Waals surface area contributed by atoms with Crippen LogP contribution in [0.1, 0.15) is 86.3 Å². The Kier molecular flexibility index (Phi) is 11.9. The Balaban J connectivity index is 1.01. The Morgan fingerprint density at radius 3 is 2.34 bits per heavy atom. The van der Waals surface area contributed by atoms with Crippen molar-refractivity contribution in [3.8, 4) is 0 Å². The standard InChI is InChI=1S/C39H51FN6O4/c1-2-16-43(25-30-11-8-17-46(26-30)36(47)24-28-9-4-3-5-10-28)27-37(48)44-18-20-45(21-19-44)39(50)33-22-29(14-15-34(33)40)23-35-31-12-6-7-13-32(31)38(49)42-41-35/h6-7,12-15,22,28,30H,2-5,8-11,16-21,23-27H2,1H3,(H,42,49). The molecule has 3 fully saturated rings. The summed E-state index contributed by atoms with van der Waals surface area (Å²) in [4.78, 5) is 60.1. The van der Waals surface area contributed by atoms with Gasteiger partial charge in [0.2, 0.25) is 11.8 Å². The van der Waals surface area contributed by atoms with Crippen LogP contribution in [0.2, 0.25) is 0 Å². The molecule has 50 heavy (non-hydrogen) atoms. The second-order valence-electron chi connectivity index (χ2n) is 14.5. The Bertz CT molecular complexity index is 1710. The number of benzene rings is 2. The fourth-order valence-electron chi connectivity index (χ4n) is 8.09. The third kappa shape index (κ3) is 8.78. The molecule has 0 bridgehead atoms. The number of piperazine rings is 1. The summed E-state index contributed by atoms with van der Waals surface area (Å²) in [6.45, 7) is 7.12. The van der Waals surface area contributed by atoms with Crippen molar-refractivity contribution < 1.29 is 18.8 Å². The Hall–Kier alpha value is -4.12. The fourth-order valence-corrected chi connectivity index (χ4v) is 8.09. The number of H-pyrrole nitrogens is 1. The third-order valence-corrected chi connectivity index (χ3v) is 10.8. The largest absolute Gasteiger partial charge is 0.342 e. The number of halogens is 1. The zero-order chi connectivity index (χ0) is 35.0. The third-order valence-electron chi connectivity index (χ3n) is 10.8. The number of nitrogens with zero attached hydrogens (tertiary/aromatic N) is 5. The van der Waals surface area contributed by atoms with E-state index in [9.17, 15) is 19.2 Å². The lowest BCUT2D eigenvalue weighted by Gasteiger charge is -2.38.